The van der Waals surface area contributed by atoms with Crippen LogP contribution in [0.25, 0.3) is 5.57 Å². The van der Waals surface area contributed by atoms with Crippen molar-refractivity contribution in [2.45, 2.75) is 26.4 Å². The minimum Gasteiger partial charge on any atom is -0.379 e. The van der Waals surface area contributed by atoms with Crippen molar-refractivity contribution in [1.82, 2.24) is 14.7 Å². The lowest BCUT2D eigenvalue weighted by molar-refractivity contribution is -0.384. The van der Waals surface area contributed by atoms with Gasteiger partial charge >= 0.3 is 0 Å². The number of carbonyl (C=O) groups excluding carboxylic acids is 2. The summed E-state index contributed by atoms with van der Waals surface area (Å²) in [6, 6.07) is 5.81. The summed E-state index contributed by atoms with van der Waals surface area (Å²) >= 11 is 0. The number of piperazine rings is 1. The van der Waals surface area contributed by atoms with Crippen LogP contribution in [0.5, 0.6) is 0 Å². The lowest BCUT2D eigenvalue weighted by atomic mass is 10.0. The number of carbonyl (C=O) groups is 2. The number of nitro benzene ring substituents is 1. The van der Waals surface area contributed by atoms with Gasteiger partial charge in [0.15, 0.2) is 0 Å². The molecule has 2 amide bonds. The summed E-state index contributed by atoms with van der Waals surface area (Å²) in [5, 5.41) is 11.0. The zero-order chi connectivity index (χ0) is 21.8. The maximum atomic E-state index is 13.2. The minimum atomic E-state index is -0.484. The second-order valence-corrected chi connectivity index (χ2v) is 7.85. The molecule has 1 aromatic rings. The molecule has 1 saturated heterocycles. The molecule has 30 heavy (non-hydrogen) atoms. The predicted octanol–water partition coefficient (Wildman–Crippen LogP) is 1.74. The SMILES string of the molecule is CC(C)OCCCN1C(=O)C(c2ccc([N+](=O)[O-])cc2)=C(N2CCN(C)CC2)C1=O. The quantitative estimate of drug-likeness (QED) is 0.276. The summed E-state index contributed by atoms with van der Waals surface area (Å²) in [5.74, 6) is -0.658. The van der Waals surface area contributed by atoms with E-state index < -0.39 is 4.92 Å². The van der Waals surface area contributed by atoms with Gasteiger partial charge < -0.3 is 14.5 Å². The molecule has 3 rings (SSSR count). The molecule has 0 N–H and O–H groups in total. The molecule has 0 spiro atoms. The standard InChI is InChI=1S/C21H28N4O5/c1-15(2)30-14-4-9-24-20(26)18(16-5-7-17(8-6-16)25(28)29)19(21(24)27)23-12-10-22(3)11-13-23/h5-8,15H,4,9-14H2,1-3H3. The largest absolute Gasteiger partial charge is 0.379 e. The molecule has 9 heteroatoms. The Hall–Kier alpha value is -2.78. The number of non-ortho nitro benzene ring substituents is 1. The van der Waals surface area contributed by atoms with Crippen LogP contribution in [0.3, 0.4) is 0 Å². The molecule has 0 bridgehead atoms. The van der Waals surface area contributed by atoms with E-state index in [4.69, 9.17) is 4.74 Å². The van der Waals surface area contributed by atoms with Crippen molar-refractivity contribution in [3.63, 3.8) is 0 Å². The highest BCUT2D eigenvalue weighted by Gasteiger charge is 2.41. The molecule has 162 valence electrons. The summed E-state index contributed by atoms with van der Waals surface area (Å²) in [4.78, 5) is 42.3. The van der Waals surface area contributed by atoms with E-state index in [1.165, 1.54) is 17.0 Å². The van der Waals surface area contributed by atoms with E-state index in [1.54, 1.807) is 12.1 Å². The van der Waals surface area contributed by atoms with Gasteiger partial charge in [-0.3, -0.25) is 24.6 Å². The molecule has 0 unspecified atom stereocenters. The van der Waals surface area contributed by atoms with Gasteiger partial charge in [-0.15, -0.1) is 0 Å². The Kier molecular flexibility index (Phi) is 6.84. The predicted molar refractivity (Wildman–Crippen MR) is 112 cm³/mol. The fourth-order valence-electron chi connectivity index (χ4n) is 3.64. The normalized spacial score (nSPS) is 18.1. The van der Waals surface area contributed by atoms with Crippen molar-refractivity contribution < 1.29 is 19.2 Å². The van der Waals surface area contributed by atoms with Gasteiger partial charge in [0.25, 0.3) is 17.5 Å². The van der Waals surface area contributed by atoms with E-state index in [2.05, 4.69) is 4.90 Å². The summed E-state index contributed by atoms with van der Waals surface area (Å²) in [5.41, 5.74) is 1.18. The third-order valence-electron chi connectivity index (χ3n) is 5.31. The Labute approximate surface area is 176 Å². The van der Waals surface area contributed by atoms with Crippen molar-refractivity contribution in [1.29, 1.82) is 0 Å². The smallest absolute Gasteiger partial charge is 0.277 e. The molecule has 9 nitrogen and oxygen atoms in total. The monoisotopic (exact) mass is 416 g/mol. The summed E-state index contributed by atoms with van der Waals surface area (Å²) < 4.78 is 5.53. The van der Waals surface area contributed by atoms with Crippen LogP contribution in [0, 0.1) is 10.1 Å². The van der Waals surface area contributed by atoms with Crippen LogP contribution in [-0.4, -0.2) is 83.9 Å². The molecule has 2 heterocycles. The van der Waals surface area contributed by atoms with Crippen LogP contribution in [0.4, 0.5) is 5.69 Å². The summed E-state index contributed by atoms with van der Waals surface area (Å²) in [6.07, 6.45) is 0.642. The number of ether oxygens (including phenoxy) is 1. The third kappa shape index (κ3) is 4.68. The zero-order valence-corrected chi connectivity index (χ0v) is 17.7. The average Bonchev–Trinajstić information content (AvgIpc) is 2.96. The lowest BCUT2D eigenvalue weighted by Crippen LogP contribution is -2.46. The van der Waals surface area contributed by atoms with Crippen LogP contribution in [0.1, 0.15) is 25.8 Å². The Morgan fingerprint density at radius 3 is 2.27 bits per heavy atom. The summed E-state index contributed by atoms with van der Waals surface area (Å²) in [7, 11) is 2.02. The van der Waals surface area contributed by atoms with Crippen LogP contribution in [-0.2, 0) is 14.3 Å². The molecule has 0 saturated carbocycles. The van der Waals surface area contributed by atoms with Gasteiger partial charge in [0.05, 0.1) is 16.6 Å². The first-order valence-electron chi connectivity index (χ1n) is 10.2. The molecule has 0 aromatic heterocycles. The van der Waals surface area contributed by atoms with Gasteiger partial charge in [-0.1, -0.05) is 0 Å². The van der Waals surface area contributed by atoms with Crippen molar-refractivity contribution in [3.05, 3.63) is 45.6 Å². The molecule has 0 aliphatic carbocycles. The van der Waals surface area contributed by atoms with Crippen molar-refractivity contribution in [2.24, 2.45) is 0 Å². The first-order valence-corrected chi connectivity index (χ1v) is 10.2. The number of imide groups is 1. The molecule has 0 atom stereocenters. The van der Waals surface area contributed by atoms with E-state index in [0.29, 0.717) is 43.0 Å². The molecular formula is C21H28N4O5. The van der Waals surface area contributed by atoms with Gasteiger partial charge in [-0.2, -0.15) is 0 Å². The van der Waals surface area contributed by atoms with Gasteiger partial charge in [-0.25, -0.2) is 0 Å². The van der Waals surface area contributed by atoms with Gasteiger partial charge in [-0.05, 0) is 45.0 Å². The van der Waals surface area contributed by atoms with Gasteiger partial charge in [0.2, 0.25) is 0 Å². The highest BCUT2D eigenvalue weighted by atomic mass is 16.6. The number of nitrogens with zero attached hydrogens (tertiary/aromatic N) is 4. The molecule has 2 aliphatic rings. The first-order chi connectivity index (χ1) is 14.3. The van der Waals surface area contributed by atoms with E-state index in [9.17, 15) is 19.7 Å². The third-order valence-corrected chi connectivity index (χ3v) is 5.31. The van der Waals surface area contributed by atoms with Crippen molar-refractivity contribution in [3.8, 4) is 0 Å². The first kappa shape index (κ1) is 21.9. The van der Waals surface area contributed by atoms with E-state index >= 15 is 0 Å². The van der Waals surface area contributed by atoms with Crippen LogP contribution in [0.2, 0.25) is 0 Å². The molecule has 1 aromatic carbocycles. The fraction of sp³-hybridized carbons (Fsp3) is 0.524. The topological polar surface area (TPSA) is 96.2 Å². The van der Waals surface area contributed by atoms with Crippen LogP contribution >= 0.6 is 0 Å². The van der Waals surface area contributed by atoms with E-state index in [0.717, 1.165) is 13.1 Å². The minimum absolute atomic E-state index is 0.0556. The molecule has 1 fully saturated rings. The van der Waals surface area contributed by atoms with Gasteiger partial charge in [0.1, 0.15) is 5.70 Å². The van der Waals surface area contributed by atoms with E-state index in [-0.39, 0.29) is 30.2 Å². The zero-order valence-electron chi connectivity index (χ0n) is 17.7. The Balaban J connectivity index is 1.89. The van der Waals surface area contributed by atoms with Crippen LogP contribution < -0.4 is 0 Å². The average molecular weight is 416 g/mol. The fourth-order valence-corrected chi connectivity index (χ4v) is 3.64. The number of amides is 2. The maximum Gasteiger partial charge on any atom is 0.277 e. The van der Waals surface area contributed by atoms with Crippen LogP contribution in [0.15, 0.2) is 30.0 Å². The Morgan fingerprint density at radius 2 is 1.70 bits per heavy atom. The Bertz CT molecular complexity index is 841. The highest BCUT2D eigenvalue weighted by molar-refractivity contribution is 6.35. The number of rotatable bonds is 8. The van der Waals surface area contributed by atoms with Crippen molar-refractivity contribution in [2.75, 3.05) is 46.4 Å². The number of hydrogen-bond donors (Lipinski definition) is 0. The molecule has 0 radical (unpaired) electrons. The van der Waals surface area contributed by atoms with E-state index in [1.807, 2.05) is 25.8 Å². The second-order valence-electron chi connectivity index (χ2n) is 7.85. The second kappa shape index (κ2) is 9.36. The lowest BCUT2D eigenvalue weighted by Gasteiger charge is -2.34. The number of likely N-dealkylation sites (N-methyl/N-ethyl adjacent to an activating group) is 1. The number of benzene rings is 1. The maximum absolute atomic E-state index is 13.2. The van der Waals surface area contributed by atoms with Crippen molar-refractivity contribution >= 4 is 23.1 Å². The molecule has 2 aliphatic heterocycles. The van der Waals surface area contributed by atoms with Gasteiger partial charge in [0, 0.05) is 51.5 Å². The Morgan fingerprint density at radius 1 is 1.07 bits per heavy atom. The number of nitro groups is 1. The number of hydrogen-bond acceptors (Lipinski definition) is 7. The summed E-state index contributed by atoms with van der Waals surface area (Å²) in [6.45, 7) is 7.49. The molecular weight excluding hydrogens is 388 g/mol. The highest BCUT2D eigenvalue weighted by Crippen LogP contribution is 2.33.